The molecule has 1 aliphatic rings. The standard InChI is InChI=1S/C17H25N5O3/c1-11-8-13(24)20-14(19-11)21-15(25)22(5)17(4)9-12(18-10-23)6-7-16(17,2)3/h8,12H,6-7,9H2,1-5H3,(H2,19,20,21,24,25). The van der Waals surface area contributed by atoms with Crippen LogP contribution < -0.4 is 10.9 Å². The number of hydrogen-bond donors (Lipinski definition) is 2. The van der Waals surface area contributed by atoms with Gasteiger partial charge in [0.15, 0.2) is 0 Å². The first-order valence-electron chi connectivity index (χ1n) is 8.29. The number of anilines is 1. The lowest BCUT2D eigenvalue weighted by molar-refractivity contribution is -0.000501. The van der Waals surface area contributed by atoms with Crippen molar-refractivity contribution in [2.75, 3.05) is 12.4 Å². The van der Waals surface area contributed by atoms with Crippen molar-refractivity contribution in [3.63, 3.8) is 0 Å². The van der Waals surface area contributed by atoms with E-state index < -0.39 is 5.54 Å². The van der Waals surface area contributed by atoms with E-state index >= 15 is 0 Å². The molecule has 136 valence electrons. The molecule has 0 saturated heterocycles. The molecule has 1 saturated carbocycles. The Bertz CT molecular complexity index is 766. The average molecular weight is 347 g/mol. The van der Waals surface area contributed by atoms with E-state index in [4.69, 9.17) is 0 Å². The molecule has 1 aliphatic carbocycles. The van der Waals surface area contributed by atoms with Gasteiger partial charge in [-0.25, -0.2) is 19.6 Å². The van der Waals surface area contributed by atoms with Gasteiger partial charge >= 0.3 is 6.03 Å². The second kappa shape index (κ2) is 6.80. The molecular weight excluding hydrogens is 322 g/mol. The fourth-order valence-electron chi connectivity index (χ4n) is 3.46. The van der Waals surface area contributed by atoms with Crippen molar-refractivity contribution < 1.29 is 9.59 Å². The molecule has 8 nitrogen and oxygen atoms in total. The van der Waals surface area contributed by atoms with Crippen LogP contribution >= 0.6 is 0 Å². The maximum absolute atomic E-state index is 12.7. The van der Waals surface area contributed by atoms with Crippen LogP contribution in [0.4, 0.5) is 10.7 Å². The van der Waals surface area contributed by atoms with Crippen LogP contribution in [-0.2, 0) is 4.79 Å². The maximum atomic E-state index is 12.7. The van der Waals surface area contributed by atoms with Crippen LogP contribution in [0.1, 0.15) is 45.7 Å². The normalized spacial score (nSPS) is 24.9. The second-order valence-corrected chi connectivity index (χ2v) is 7.50. The first-order chi connectivity index (χ1) is 11.6. The first kappa shape index (κ1) is 18.9. The van der Waals surface area contributed by atoms with Crippen molar-refractivity contribution in [2.45, 2.75) is 58.5 Å². The summed E-state index contributed by atoms with van der Waals surface area (Å²) < 4.78 is 0. The number of carbonyl (C=O) groups is 1. The summed E-state index contributed by atoms with van der Waals surface area (Å²) in [7, 11) is 1.71. The Morgan fingerprint density at radius 3 is 2.76 bits per heavy atom. The van der Waals surface area contributed by atoms with Crippen molar-refractivity contribution in [1.82, 2.24) is 14.9 Å². The lowest BCUT2D eigenvalue weighted by Gasteiger charge is -2.54. The molecular formula is C17H25N5O3. The number of hydrogen-bond acceptors (Lipinski definition) is 5. The van der Waals surface area contributed by atoms with E-state index in [1.807, 2.05) is 6.92 Å². The SMILES string of the molecule is Cc1cc(=O)[nH]c(NC(=O)N(C)C2(C)CC(N=C=O)CCC2(C)C)n1. The highest BCUT2D eigenvalue weighted by Crippen LogP contribution is 2.47. The summed E-state index contributed by atoms with van der Waals surface area (Å²) >= 11 is 0. The minimum Gasteiger partial charge on any atom is -0.322 e. The number of nitrogens with zero attached hydrogens (tertiary/aromatic N) is 3. The quantitative estimate of drug-likeness (QED) is 0.645. The lowest BCUT2D eigenvalue weighted by atomic mass is 9.62. The molecule has 1 heterocycles. The molecule has 8 heteroatoms. The highest BCUT2D eigenvalue weighted by Gasteiger charge is 2.50. The number of aromatic nitrogens is 2. The van der Waals surface area contributed by atoms with Crippen molar-refractivity contribution in [3.8, 4) is 0 Å². The van der Waals surface area contributed by atoms with Gasteiger partial charge in [-0.05, 0) is 38.5 Å². The van der Waals surface area contributed by atoms with Gasteiger partial charge in [0, 0.05) is 24.3 Å². The van der Waals surface area contributed by atoms with Crippen LogP contribution in [-0.4, -0.2) is 45.6 Å². The van der Waals surface area contributed by atoms with E-state index in [-0.39, 0.29) is 29.0 Å². The third-order valence-corrected chi connectivity index (χ3v) is 5.57. The Morgan fingerprint density at radius 2 is 2.16 bits per heavy atom. The zero-order valence-electron chi connectivity index (χ0n) is 15.3. The summed E-state index contributed by atoms with van der Waals surface area (Å²) in [6, 6.07) is 0.829. The van der Waals surface area contributed by atoms with E-state index in [0.29, 0.717) is 12.1 Å². The Hall–Kier alpha value is -2.47. The monoisotopic (exact) mass is 347 g/mol. The van der Waals surface area contributed by atoms with E-state index in [0.717, 1.165) is 12.8 Å². The molecule has 25 heavy (non-hydrogen) atoms. The summed E-state index contributed by atoms with van der Waals surface area (Å²) in [5.41, 5.74) is -0.493. The molecule has 2 unspecified atom stereocenters. The molecule has 2 atom stereocenters. The highest BCUT2D eigenvalue weighted by molar-refractivity contribution is 5.87. The molecule has 0 aliphatic heterocycles. The molecule has 2 amide bonds. The zero-order chi connectivity index (χ0) is 18.8. The van der Waals surface area contributed by atoms with Crippen LogP contribution in [0, 0.1) is 12.3 Å². The van der Waals surface area contributed by atoms with E-state index in [9.17, 15) is 14.4 Å². The van der Waals surface area contributed by atoms with E-state index in [2.05, 4.69) is 34.1 Å². The number of amides is 2. The van der Waals surface area contributed by atoms with Crippen molar-refractivity contribution >= 4 is 18.1 Å². The summed E-state index contributed by atoms with van der Waals surface area (Å²) in [6.45, 7) is 7.88. The summed E-state index contributed by atoms with van der Waals surface area (Å²) in [6.07, 6.45) is 3.82. The van der Waals surface area contributed by atoms with Crippen LogP contribution in [0.2, 0.25) is 0 Å². The maximum Gasteiger partial charge on any atom is 0.324 e. The van der Waals surface area contributed by atoms with Gasteiger partial charge in [0.1, 0.15) is 0 Å². The number of aromatic amines is 1. The molecule has 0 spiro atoms. The summed E-state index contributed by atoms with van der Waals surface area (Å²) in [4.78, 5) is 47.0. The number of aryl methyl sites for hydroxylation is 1. The molecule has 1 aromatic rings. The van der Waals surface area contributed by atoms with Crippen LogP contribution in [0.15, 0.2) is 15.9 Å². The van der Waals surface area contributed by atoms with Gasteiger partial charge in [0.25, 0.3) is 5.56 Å². The predicted molar refractivity (Wildman–Crippen MR) is 94.3 cm³/mol. The molecule has 1 fully saturated rings. The Balaban J connectivity index is 2.25. The third-order valence-electron chi connectivity index (χ3n) is 5.57. The zero-order valence-corrected chi connectivity index (χ0v) is 15.3. The fraction of sp³-hybridized carbons (Fsp3) is 0.647. The number of nitrogens with one attached hydrogen (secondary N) is 2. The van der Waals surface area contributed by atoms with Gasteiger partial charge < -0.3 is 4.90 Å². The first-order valence-corrected chi connectivity index (χ1v) is 8.29. The van der Waals surface area contributed by atoms with Gasteiger partial charge in [-0.3, -0.25) is 15.1 Å². The van der Waals surface area contributed by atoms with Crippen LogP contribution in [0.3, 0.4) is 0 Å². The minimum absolute atomic E-state index is 0.113. The topological polar surface area (TPSA) is 108 Å². The number of rotatable bonds is 3. The lowest BCUT2D eigenvalue weighted by Crippen LogP contribution is -2.61. The molecule has 0 aromatic carbocycles. The van der Waals surface area contributed by atoms with Crippen molar-refractivity contribution in [3.05, 3.63) is 22.1 Å². The number of isocyanates is 1. The largest absolute Gasteiger partial charge is 0.324 e. The van der Waals surface area contributed by atoms with Gasteiger partial charge in [0.2, 0.25) is 12.0 Å². The van der Waals surface area contributed by atoms with E-state index in [1.165, 1.54) is 6.07 Å². The molecule has 0 bridgehead atoms. The van der Waals surface area contributed by atoms with E-state index in [1.54, 1.807) is 25.0 Å². The van der Waals surface area contributed by atoms with Crippen molar-refractivity contribution in [1.29, 1.82) is 0 Å². The van der Waals surface area contributed by atoms with Crippen LogP contribution in [0.25, 0.3) is 0 Å². The molecule has 2 N–H and O–H groups in total. The van der Waals surface area contributed by atoms with Gasteiger partial charge in [-0.2, -0.15) is 0 Å². The minimum atomic E-state index is -0.523. The smallest absolute Gasteiger partial charge is 0.322 e. The Morgan fingerprint density at radius 1 is 1.48 bits per heavy atom. The van der Waals surface area contributed by atoms with Crippen molar-refractivity contribution in [2.24, 2.45) is 10.4 Å². The summed E-state index contributed by atoms with van der Waals surface area (Å²) in [5.74, 6) is 0.113. The summed E-state index contributed by atoms with van der Waals surface area (Å²) in [5, 5.41) is 2.64. The van der Waals surface area contributed by atoms with Crippen LogP contribution in [0.5, 0.6) is 0 Å². The number of aliphatic imine (C=N–C) groups is 1. The number of urea groups is 1. The van der Waals surface area contributed by atoms with Gasteiger partial charge in [-0.1, -0.05) is 13.8 Å². The fourth-order valence-corrected chi connectivity index (χ4v) is 3.46. The predicted octanol–water partition coefficient (Wildman–Crippen LogP) is 2.22. The highest BCUT2D eigenvalue weighted by atomic mass is 16.2. The second-order valence-electron chi connectivity index (χ2n) is 7.50. The average Bonchev–Trinajstić information content (AvgIpc) is 2.49. The number of carbonyl (C=O) groups excluding carboxylic acids is 2. The Labute approximate surface area is 146 Å². The number of H-pyrrole nitrogens is 1. The Kier molecular flexibility index (Phi) is 5.13. The molecule has 1 aromatic heterocycles. The third kappa shape index (κ3) is 3.79. The molecule has 2 rings (SSSR count). The molecule has 0 radical (unpaired) electrons. The van der Waals surface area contributed by atoms with Gasteiger partial charge in [-0.15, -0.1) is 0 Å². The van der Waals surface area contributed by atoms with Gasteiger partial charge in [0.05, 0.1) is 6.04 Å².